The van der Waals surface area contributed by atoms with Crippen LogP contribution in [0.4, 0.5) is 5.69 Å². The molecule has 206 valence electrons. The van der Waals surface area contributed by atoms with Gasteiger partial charge >= 0.3 is 0 Å². The molecule has 12 nitrogen and oxygen atoms in total. The van der Waals surface area contributed by atoms with Crippen molar-refractivity contribution in [3.05, 3.63) is 65.2 Å². The molecule has 0 aromatic heterocycles. The van der Waals surface area contributed by atoms with Gasteiger partial charge in [0.25, 0.3) is 0 Å². The zero-order chi connectivity index (χ0) is 27.4. The number of hydrogen-bond acceptors (Lipinski definition) is 8. The van der Waals surface area contributed by atoms with Crippen molar-refractivity contribution in [1.82, 2.24) is 32.3 Å². The Morgan fingerprint density at radius 1 is 1.08 bits per heavy atom. The number of carbonyl (C=O) groups is 4. The number of aryl methyl sites for hydroxylation is 1. The van der Waals surface area contributed by atoms with Gasteiger partial charge in [-0.3, -0.25) is 24.1 Å². The van der Waals surface area contributed by atoms with E-state index in [0.29, 0.717) is 32.4 Å². The van der Waals surface area contributed by atoms with Gasteiger partial charge in [-0.1, -0.05) is 48.5 Å². The van der Waals surface area contributed by atoms with Gasteiger partial charge in [-0.15, -0.1) is 0 Å². The molecule has 0 bridgehead atoms. The molecule has 0 saturated carbocycles. The van der Waals surface area contributed by atoms with E-state index in [9.17, 15) is 24.3 Å². The number of hydrazine groups is 2. The topological polar surface area (TPSA) is 164 Å². The van der Waals surface area contributed by atoms with Crippen LogP contribution < -0.4 is 37.2 Å². The smallest absolute Gasteiger partial charge is 0.250 e. The van der Waals surface area contributed by atoms with Gasteiger partial charge in [0.2, 0.25) is 23.6 Å². The standard InChI is InChI=1S/C27H33N7O5/c35-15-21(30-23(36)11-16-5-2-1-3-6-16)25(37)31-20-10-9-17-7-4-8-18-12-22(34(24(17)18)27(20)39)26(38)28-13-19-14-29-33-32-19/h1-8,19-22,29,32-33,35H,9-15H2,(H,28,38)(H,30,36)(H,31,37)/t19?,20-,21-,22-/m0/s1. The molecule has 5 rings (SSSR count). The average Bonchev–Trinajstić information content (AvgIpc) is 3.58. The molecule has 1 unspecified atom stereocenters. The van der Waals surface area contributed by atoms with Crippen LogP contribution in [0.1, 0.15) is 23.1 Å². The van der Waals surface area contributed by atoms with E-state index in [1.165, 1.54) is 4.90 Å². The maximum atomic E-state index is 13.8. The minimum Gasteiger partial charge on any atom is -0.394 e. The first-order chi connectivity index (χ1) is 18.9. The molecule has 3 aliphatic heterocycles. The van der Waals surface area contributed by atoms with Gasteiger partial charge in [-0.05, 0) is 29.5 Å². The number of carbonyl (C=O) groups excluding carboxylic acids is 4. The summed E-state index contributed by atoms with van der Waals surface area (Å²) in [5, 5.41) is 18.0. The Morgan fingerprint density at radius 3 is 2.62 bits per heavy atom. The molecule has 0 radical (unpaired) electrons. The zero-order valence-corrected chi connectivity index (χ0v) is 21.4. The average molecular weight is 536 g/mol. The summed E-state index contributed by atoms with van der Waals surface area (Å²) in [5.41, 5.74) is 12.1. The quantitative estimate of drug-likeness (QED) is 0.198. The Morgan fingerprint density at radius 2 is 1.87 bits per heavy atom. The van der Waals surface area contributed by atoms with E-state index >= 15 is 0 Å². The SMILES string of the molecule is O=C(Cc1ccccc1)N[C@@H](CO)C(=O)N[C@H]1CCc2cccc3c2N(C1=O)[C@H](C(=O)NCC1CNNN1)C3. The molecule has 3 aliphatic rings. The van der Waals surface area contributed by atoms with Crippen molar-refractivity contribution >= 4 is 29.3 Å². The lowest BCUT2D eigenvalue weighted by Crippen LogP contribution is -2.58. The lowest BCUT2D eigenvalue weighted by molar-refractivity contribution is -0.132. The van der Waals surface area contributed by atoms with Crippen LogP contribution in [0, 0.1) is 0 Å². The van der Waals surface area contributed by atoms with Gasteiger partial charge in [0.1, 0.15) is 18.1 Å². The second kappa shape index (κ2) is 11.9. The first-order valence-electron chi connectivity index (χ1n) is 13.1. The van der Waals surface area contributed by atoms with Crippen molar-refractivity contribution in [2.75, 3.05) is 24.6 Å². The zero-order valence-electron chi connectivity index (χ0n) is 21.4. The van der Waals surface area contributed by atoms with Gasteiger partial charge in [0, 0.05) is 19.5 Å². The Labute approximate surface area is 225 Å². The Hall–Kier alpha value is -3.84. The van der Waals surface area contributed by atoms with Crippen LogP contribution in [0.3, 0.4) is 0 Å². The molecule has 12 heteroatoms. The first-order valence-corrected chi connectivity index (χ1v) is 13.1. The summed E-state index contributed by atoms with van der Waals surface area (Å²) in [4.78, 5) is 54.1. The summed E-state index contributed by atoms with van der Waals surface area (Å²) < 4.78 is 0. The third-order valence-corrected chi connectivity index (χ3v) is 7.30. The summed E-state index contributed by atoms with van der Waals surface area (Å²) in [5.74, 6) is -1.73. The van der Waals surface area contributed by atoms with E-state index in [1.54, 1.807) is 12.1 Å². The van der Waals surface area contributed by atoms with Crippen LogP contribution in [0.2, 0.25) is 0 Å². The van der Waals surface area contributed by atoms with Crippen molar-refractivity contribution in [3.63, 3.8) is 0 Å². The van der Waals surface area contributed by atoms with E-state index in [4.69, 9.17) is 0 Å². The fraction of sp³-hybridized carbons (Fsp3) is 0.407. The highest BCUT2D eigenvalue weighted by atomic mass is 16.3. The molecule has 1 fully saturated rings. The monoisotopic (exact) mass is 535 g/mol. The summed E-state index contributed by atoms with van der Waals surface area (Å²) in [6.07, 6.45) is 1.28. The number of nitrogens with zero attached hydrogens (tertiary/aromatic N) is 1. The van der Waals surface area contributed by atoms with Crippen molar-refractivity contribution in [3.8, 4) is 0 Å². The fourth-order valence-electron chi connectivity index (χ4n) is 5.31. The first kappa shape index (κ1) is 26.8. The van der Waals surface area contributed by atoms with E-state index in [-0.39, 0.29) is 24.3 Å². The van der Waals surface area contributed by atoms with E-state index in [2.05, 4.69) is 32.3 Å². The molecule has 3 heterocycles. The molecule has 1 saturated heterocycles. The van der Waals surface area contributed by atoms with Crippen molar-refractivity contribution in [2.45, 2.75) is 49.9 Å². The third kappa shape index (κ3) is 5.93. The van der Waals surface area contributed by atoms with Crippen LogP contribution in [-0.2, 0) is 38.4 Å². The highest BCUT2D eigenvalue weighted by Gasteiger charge is 2.44. The summed E-state index contributed by atoms with van der Waals surface area (Å²) in [7, 11) is 0. The second-order valence-corrected chi connectivity index (χ2v) is 10.0. The number of para-hydroxylation sites is 1. The van der Waals surface area contributed by atoms with Gasteiger partial charge < -0.3 is 21.1 Å². The number of rotatable bonds is 9. The molecule has 7 N–H and O–H groups in total. The normalized spacial score (nSPS) is 22.5. The van der Waals surface area contributed by atoms with Crippen LogP contribution >= 0.6 is 0 Å². The van der Waals surface area contributed by atoms with Crippen LogP contribution in [-0.4, -0.2) is 72.6 Å². The van der Waals surface area contributed by atoms with Gasteiger partial charge in [-0.2, -0.15) is 5.53 Å². The number of anilines is 1. The minimum atomic E-state index is -1.21. The number of hydrogen-bond donors (Lipinski definition) is 7. The van der Waals surface area contributed by atoms with E-state index in [0.717, 1.165) is 22.4 Å². The summed E-state index contributed by atoms with van der Waals surface area (Å²) in [6.45, 7) is 0.396. The molecule has 2 aromatic rings. The Bertz CT molecular complexity index is 1230. The fourth-order valence-corrected chi connectivity index (χ4v) is 5.31. The summed E-state index contributed by atoms with van der Waals surface area (Å²) in [6, 6.07) is 12.0. The Kier molecular flexibility index (Phi) is 8.17. The molecular weight excluding hydrogens is 502 g/mol. The number of amides is 4. The molecule has 39 heavy (non-hydrogen) atoms. The maximum Gasteiger partial charge on any atom is 0.250 e. The third-order valence-electron chi connectivity index (χ3n) is 7.30. The predicted octanol–water partition coefficient (Wildman–Crippen LogP) is -1.81. The van der Waals surface area contributed by atoms with E-state index < -0.39 is 36.5 Å². The number of aliphatic hydroxyl groups excluding tert-OH is 1. The minimum absolute atomic E-state index is 0.00711. The van der Waals surface area contributed by atoms with Crippen molar-refractivity contribution in [2.24, 2.45) is 0 Å². The Balaban J connectivity index is 1.27. The second-order valence-electron chi connectivity index (χ2n) is 10.0. The van der Waals surface area contributed by atoms with Gasteiger partial charge in [-0.25, -0.2) is 10.9 Å². The van der Waals surface area contributed by atoms with E-state index in [1.807, 2.05) is 36.4 Å². The molecule has 4 atom stereocenters. The molecule has 0 aliphatic carbocycles. The molecule has 2 aromatic carbocycles. The van der Waals surface area contributed by atoms with Gasteiger partial charge in [0.15, 0.2) is 0 Å². The number of aliphatic hydroxyl groups is 1. The lowest BCUT2D eigenvalue weighted by atomic mass is 10.0. The number of benzene rings is 2. The highest BCUT2D eigenvalue weighted by molar-refractivity contribution is 6.08. The van der Waals surface area contributed by atoms with Gasteiger partial charge in [0.05, 0.1) is 24.8 Å². The predicted molar refractivity (Wildman–Crippen MR) is 142 cm³/mol. The maximum absolute atomic E-state index is 13.8. The van der Waals surface area contributed by atoms with Crippen LogP contribution in [0.5, 0.6) is 0 Å². The molecular formula is C27H33N7O5. The van der Waals surface area contributed by atoms with Crippen molar-refractivity contribution < 1.29 is 24.3 Å². The lowest BCUT2D eigenvalue weighted by Gasteiger charge is -2.29. The van der Waals surface area contributed by atoms with Crippen LogP contribution in [0.25, 0.3) is 0 Å². The molecule has 4 amide bonds. The largest absolute Gasteiger partial charge is 0.394 e. The number of nitrogens with one attached hydrogen (secondary N) is 6. The summed E-state index contributed by atoms with van der Waals surface area (Å²) >= 11 is 0. The highest BCUT2D eigenvalue weighted by Crippen LogP contribution is 2.39. The van der Waals surface area contributed by atoms with Crippen molar-refractivity contribution in [1.29, 1.82) is 0 Å². The van der Waals surface area contributed by atoms with Crippen LogP contribution in [0.15, 0.2) is 48.5 Å². The molecule has 0 spiro atoms.